The highest BCUT2D eigenvalue weighted by molar-refractivity contribution is 6.04. The first-order valence-electron chi connectivity index (χ1n) is 13.3. The molecule has 1 fully saturated rings. The summed E-state index contributed by atoms with van der Waals surface area (Å²) in [5.74, 6) is 0.0636. The van der Waals surface area contributed by atoms with Crippen molar-refractivity contribution in [3.8, 4) is 0 Å². The molecule has 0 radical (unpaired) electrons. The minimum atomic E-state index is -0.929. The molecule has 1 saturated carbocycles. The van der Waals surface area contributed by atoms with Gasteiger partial charge in [0.1, 0.15) is 5.82 Å². The van der Waals surface area contributed by atoms with Crippen LogP contribution >= 0.6 is 0 Å². The van der Waals surface area contributed by atoms with Gasteiger partial charge in [-0.25, -0.2) is 14.6 Å². The number of aryl methyl sites for hydroxylation is 1. The van der Waals surface area contributed by atoms with Crippen molar-refractivity contribution in [2.75, 3.05) is 5.32 Å². The van der Waals surface area contributed by atoms with Crippen LogP contribution < -0.4 is 10.6 Å². The van der Waals surface area contributed by atoms with Gasteiger partial charge in [0.25, 0.3) is 0 Å². The number of carboxylic acid groups (broad SMARTS) is 1. The highest BCUT2D eigenvalue weighted by Crippen LogP contribution is 2.28. The van der Waals surface area contributed by atoms with Crippen LogP contribution in [0.25, 0.3) is 21.8 Å². The number of hydrogen-bond acceptors (Lipinski definition) is 3. The third-order valence-corrected chi connectivity index (χ3v) is 7.35. The maximum Gasteiger partial charge on any atom is 0.336 e. The van der Waals surface area contributed by atoms with Gasteiger partial charge in [0.15, 0.2) is 0 Å². The average Bonchev–Trinajstić information content (AvgIpc) is 3.24. The SMILES string of the molecule is CCCCc1nc2ccc(NC(=O)NC3CCCCC3)cc2n1Cc1ccc(C(=O)O)c2ccccc12. The number of fused-ring (bicyclic) bond motifs is 2. The summed E-state index contributed by atoms with van der Waals surface area (Å²) in [5, 5.41) is 17.5. The van der Waals surface area contributed by atoms with E-state index in [2.05, 4.69) is 22.1 Å². The zero-order chi connectivity index (χ0) is 25.8. The molecule has 3 aromatic carbocycles. The maximum atomic E-state index is 12.7. The maximum absolute atomic E-state index is 12.7. The van der Waals surface area contributed by atoms with Crippen LogP contribution in [0.15, 0.2) is 54.6 Å². The van der Waals surface area contributed by atoms with Crippen LogP contribution in [-0.2, 0) is 13.0 Å². The lowest BCUT2D eigenvalue weighted by Gasteiger charge is -2.22. The monoisotopic (exact) mass is 498 g/mol. The molecule has 1 aromatic heterocycles. The third kappa shape index (κ3) is 5.45. The molecule has 3 N–H and O–H groups in total. The Kier molecular flexibility index (Phi) is 7.40. The molecule has 0 unspecified atom stereocenters. The number of aromatic carboxylic acids is 1. The third-order valence-electron chi connectivity index (χ3n) is 7.35. The molecule has 0 spiro atoms. The Morgan fingerprint density at radius 3 is 2.57 bits per heavy atom. The van der Waals surface area contributed by atoms with Crippen molar-refractivity contribution in [3.05, 3.63) is 71.5 Å². The van der Waals surface area contributed by atoms with E-state index in [1.54, 1.807) is 6.07 Å². The molecule has 1 aliphatic carbocycles. The summed E-state index contributed by atoms with van der Waals surface area (Å²) in [7, 11) is 0. The number of nitrogens with one attached hydrogen (secondary N) is 2. The minimum absolute atomic E-state index is 0.168. The number of carbonyl (C=O) groups excluding carboxylic acids is 1. The van der Waals surface area contributed by atoms with E-state index in [0.29, 0.717) is 12.1 Å². The first-order chi connectivity index (χ1) is 18.0. The summed E-state index contributed by atoms with van der Waals surface area (Å²) in [6.45, 7) is 2.73. The van der Waals surface area contributed by atoms with Gasteiger partial charge in [-0.15, -0.1) is 0 Å². The van der Waals surface area contributed by atoms with Crippen LogP contribution in [0.3, 0.4) is 0 Å². The van der Waals surface area contributed by atoms with Gasteiger partial charge in [-0.1, -0.05) is 62.9 Å². The second kappa shape index (κ2) is 11.0. The standard InChI is InChI=1S/C30H34N4O3/c1-2-3-13-28-33-26-17-15-22(32-30(37)31-21-9-5-4-6-10-21)18-27(26)34(28)19-20-14-16-25(29(35)36)24-12-8-7-11-23(20)24/h7-8,11-12,14-18,21H,2-6,9-10,13,19H2,1H3,(H,35,36)(H2,31,32,37). The Bertz CT molecular complexity index is 1440. The largest absolute Gasteiger partial charge is 0.478 e. The molecule has 2 amide bonds. The summed E-state index contributed by atoms with van der Waals surface area (Å²) >= 11 is 0. The summed E-state index contributed by atoms with van der Waals surface area (Å²) in [4.78, 5) is 29.4. The van der Waals surface area contributed by atoms with E-state index in [4.69, 9.17) is 4.98 Å². The fourth-order valence-corrected chi connectivity index (χ4v) is 5.41. The highest BCUT2D eigenvalue weighted by atomic mass is 16.4. The van der Waals surface area contributed by atoms with Crippen molar-refractivity contribution in [2.24, 2.45) is 0 Å². The van der Waals surface area contributed by atoms with Crippen molar-refractivity contribution in [1.29, 1.82) is 0 Å². The van der Waals surface area contributed by atoms with Gasteiger partial charge in [-0.2, -0.15) is 0 Å². The van der Waals surface area contributed by atoms with E-state index >= 15 is 0 Å². The molecule has 0 bridgehead atoms. The highest BCUT2D eigenvalue weighted by Gasteiger charge is 2.18. The van der Waals surface area contributed by atoms with Crippen molar-refractivity contribution < 1.29 is 14.7 Å². The van der Waals surface area contributed by atoms with Crippen LogP contribution in [0.4, 0.5) is 10.5 Å². The summed E-state index contributed by atoms with van der Waals surface area (Å²) < 4.78 is 2.21. The first kappa shape index (κ1) is 24.8. The number of anilines is 1. The van der Waals surface area contributed by atoms with E-state index in [0.717, 1.165) is 71.0 Å². The number of aromatic nitrogens is 2. The van der Waals surface area contributed by atoms with E-state index in [1.807, 2.05) is 48.5 Å². The molecular weight excluding hydrogens is 464 g/mol. The number of hydrogen-bond donors (Lipinski definition) is 3. The second-order valence-electron chi connectivity index (χ2n) is 9.98. The van der Waals surface area contributed by atoms with E-state index in [9.17, 15) is 14.7 Å². The molecule has 7 heteroatoms. The number of carbonyl (C=O) groups is 2. The molecule has 4 aromatic rings. The van der Waals surface area contributed by atoms with Gasteiger partial charge >= 0.3 is 12.0 Å². The fraction of sp³-hybridized carbons (Fsp3) is 0.367. The molecule has 5 rings (SSSR count). The Labute approximate surface area is 216 Å². The van der Waals surface area contributed by atoms with Crippen molar-refractivity contribution in [2.45, 2.75) is 70.9 Å². The number of carboxylic acids is 1. The molecule has 1 aliphatic rings. The molecule has 0 saturated heterocycles. The minimum Gasteiger partial charge on any atom is -0.478 e. The van der Waals surface area contributed by atoms with Crippen LogP contribution in [0.2, 0.25) is 0 Å². The van der Waals surface area contributed by atoms with E-state index in [-0.39, 0.29) is 12.1 Å². The summed E-state index contributed by atoms with van der Waals surface area (Å²) in [6.07, 6.45) is 8.59. The normalized spacial score (nSPS) is 14.2. The lowest BCUT2D eigenvalue weighted by Crippen LogP contribution is -2.39. The number of benzene rings is 3. The number of unbranched alkanes of at least 4 members (excludes halogenated alkanes) is 1. The van der Waals surface area contributed by atoms with Crippen molar-refractivity contribution in [1.82, 2.24) is 14.9 Å². The smallest absolute Gasteiger partial charge is 0.336 e. The topological polar surface area (TPSA) is 96.3 Å². The molecule has 0 aliphatic heterocycles. The van der Waals surface area contributed by atoms with Gasteiger partial charge in [-0.05, 0) is 59.9 Å². The lowest BCUT2D eigenvalue weighted by atomic mass is 9.96. The second-order valence-corrected chi connectivity index (χ2v) is 9.98. The Morgan fingerprint density at radius 1 is 1.03 bits per heavy atom. The van der Waals surface area contributed by atoms with Gasteiger partial charge in [0, 0.05) is 24.7 Å². The number of amides is 2. The molecular formula is C30H34N4O3. The molecule has 192 valence electrons. The number of imidazole rings is 1. The van der Waals surface area contributed by atoms with Gasteiger partial charge in [0.2, 0.25) is 0 Å². The first-order valence-corrected chi connectivity index (χ1v) is 13.3. The van der Waals surface area contributed by atoms with Crippen LogP contribution in [0.1, 0.15) is 73.6 Å². The van der Waals surface area contributed by atoms with Crippen LogP contribution in [0.5, 0.6) is 0 Å². The molecule has 0 atom stereocenters. The van der Waals surface area contributed by atoms with Crippen molar-refractivity contribution >= 4 is 39.5 Å². The van der Waals surface area contributed by atoms with Crippen molar-refractivity contribution in [3.63, 3.8) is 0 Å². The zero-order valence-electron chi connectivity index (χ0n) is 21.3. The average molecular weight is 499 g/mol. The molecule has 7 nitrogen and oxygen atoms in total. The number of nitrogens with zero attached hydrogens (tertiary/aromatic N) is 2. The fourth-order valence-electron chi connectivity index (χ4n) is 5.41. The number of urea groups is 1. The Hall–Kier alpha value is -3.87. The number of rotatable bonds is 8. The zero-order valence-corrected chi connectivity index (χ0v) is 21.3. The summed E-state index contributed by atoms with van der Waals surface area (Å²) in [6, 6.07) is 17.2. The Balaban J connectivity index is 1.48. The van der Waals surface area contributed by atoms with E-state index < -0.39 is 5.97 Å². The van der Waals surface area contributed by atoms with Gasteiger partial charge < -0.3 is 20.3 Å². The van der Waals surface area contributed by atoms with Gasteiger partial charge in [0.05, 0.1) is 16.6 Å². The van der Waals surface area contributed by atoms with E-state index in [1.165, 1.54) is 19.3 Å². The predicted molar refractivity (Wildman–Crippen MR) is 147 cm³/mol. The quantitative estimate of drug-likeness (QED) is 0.251. The van der Waals surface area contributed by atoms with Crippen LogP contribution in [-0.4, -0.2) is 32.7 Å². The predicted octanol–water partition coefficient (Wildman–Crippen LogP) is 6.73. The van der Waals surface area contributed by atoms with Gasteiger partial charge in [-0.3, -0.25) is 0 Å². The Morgan fingerprint density at radius 2 is 1.81 bits per heavy atom. The summed E-state index contributed by atoms with van der Waals surface area (Å²) in [5.41, 5.74) is 3.90. The lowest BCUT2D eigenvalue weighted by molar-refractivity contribution is 0.0699. The van der Waals surface area contributed by atoms with Crippen LogP contribution in [0, 0.1) is 0 Å². The molecule has 37 heavy (non-hydrogen) atoms. The molecule has 1 heterocycles.